The minimum Gasteiger partial charge on any atom is -0.548 e. The second-order valence-corrected chi connectivity index (χ2v) is 14.8. The summed E-state index contributed by atoms with van der Waals surface area (Å²) in [6.07, 6.45) is 3.99. The Balaban J connectivity index is 4.39. The largest absolute Gasteiger partial charge is 0.548 e. The van der Waals surface area contributed by atoms with Crippen LogP contribution in [0.3, 0.4) is 0 Å². The van der Waals surface area contributed by atoms with Crippen LogP contribution in [0.25, 0.3) is 0 Å². The molecule has 0 aliphatic rings. The van der Waals surface area contributed by atoms with Crippen LogP contribution in [0.5, 0.6) is 0 Å². The molecule has 0 spiro atoms. The molecule has 0 bridgehead atoms. The number of hydrogen-bond donors (Lipinski definition) is 0. The maximum Gasteiger partial charge on any atom is 0.241 e. The third-order valence-electron chi connectivity index (χ3n) is 1.49. The van der Waals surface area contributed by atoms with Crippen molar-refractivity contribution in [3.63, 3.8) is 0 Å². The Kier molecular flexibility index (Phi) is 5.55. The normalized spacial score (nSPS) is 15.0. The Morgan fingerprint density at radius 1 is 0.688 bits per heavy atom. The molecule has 0 atom stereocenters. The minimum atomic E-state index is -1.47. The topological polar surface area (TPSA) is 18.5 Å². The monoisotopic (exact) mass is 258 g/mol. The van der Waals surface area contributed by atoms with Crippen LogP contribution in [0.15, 0.2) is 23.7 Å². The zero-order valence-electron chi connectivity index (χ0n) is 12.0. The van der Waals surface area contributed by atoms with Gasteiger partial charge in [0.1, 0.15) is 0 Å². The highest BCUT2D eigenvalue weighted by atomic mass is 28.4. The molecule has 0 aliphatic heterocycles. The Bertz CT molecular complexity index is 250. The smallest absolute Gasteiger partial charge is 0.241 e. The van der Waals surface area contributed by atoms with Gasteiger partial charge in [0, 0.05) is 0 Å². The van der Waals surface area contributed by atoms with Crippen LogP contribution in [0.4, 0.5) is 0 Å². The standard InChI is InChI=1S/C12H26O2Si2/c1-11(13-15(3,4)5)9-10-12(2)14-16(6,7)8/h9-10H,1-8H3/b11-9-,12-10-. The van der Waals surface area contributed by atoms with Gasteiger partial charge in [-0.3, -0.25) is 0 Å². The number of hydrogen-bond acceptors (Lipinski definition) is 2. The van der Waals surface area contributed by atoms with Gasteiger partial charge < -0.3 is 8.85 Å². The van der Waals surface area contributed by atoms with E-state index in [1.54, 1.807) is 0 Å². The van der Waals surface area contributed by atoms with Crippen LogP contribution in [0.2, 0.25) is 39.3 Å². The molecular formula is C12H26O2Si2. The predicted octanol–water partition coefficient (Wildman–Crippen LogP) is 4.50. The van der Waals surface area contributed by atoms with Gasteiger partial charge in [-0.05, 0) is 65.3 Å². The third kappa shape index (κ3) is 10.0. The SMILES string of the molecule is C/C(=C/C=C(/C)O[Si](C)(C)C)O[Si](C)(C)C. The van der Waals surface area contributed by atoms with Gasteiger partial charge in [-0.25, -0.2) is 0 Å². The van der Waals surface area contributed by atoms with Crippen LogP contribution in [-0.4, -0.2) is 16.6 Å². The van der Waals surface area contributed by atoms with E-state index in [4.69, 9.17) is 8.85 Å². The van der Waals surface area contributed by atoms with E-state index in [-0.39, 0.29) is 0 Å². The molecule has 0 aromatic rings. The maximum atomic E-state index is 5.83. The molecule has 2 nitrogen and oxygen atoms in total. The van der Waals surface area contributed by atoms with Crippen LogP contribution in [0.1, 0.15) is 13.8 Å². The van der Waals surface area contributed by atoms with Crippen molar-refractivity contribution >= 4 is 16.6 Å². The van der Waals surface area contributed by atoms with Crippen LogP contribution >= 0.6 is 0 Å². The molecule has 0 radical (unpaired) electrons. The third-order valence-corrected chi connectivity index (χ3v) is 3.36. The molecule has 0 amide bonds. The Hall–Kier alpha value is -0.486. The van der Waals surface area contributed by atoms with E-state index in [2.05, 4.69) is 39.3 Å². The van der Waals surface area contributed by atoms with E-state index in [0.717, 1.165) is 11.5 Å². The molecule has 0 heterocycles. The summed E-state index contributed by atoms with van der Waals surface area (Å²) < 4.78 is 11.7. The van der Waals surface area contributed by atoms with Gasteiger partial charge in [-0.1, -0.05) is 0 Å². The molecule has 0 aromatic heterocycles. The summed E-state index contributed by atoms with van der Waals surface area (Å²) in [6, 6.07) is 0. The van der Waals surface area contributed by atoms with Crippen molar-refractivity contribution in [2.45, 2.75) is 53.1 Å². The van der Waals surface area contributed by atoms with Crippen LogP contribution < -0.4 is 0 Å². The van der Waals surface area contributed by atoms with Gasteiger partial charge in [0.25, 0.3) is 0 Å². The summed E-state index contributed by atoms with van der Waals surface area (Å²) in [7, 11) is -2.94. The van der Waals surface area contributed by atoms with Gasteiger partial charge in [-0.15, -0.1) is 0 Å². The summed E-state index contributed by atoms with van der Waals surface area (Å²) in [5.74, 6) is 1.94. The van der Waals surface area contributed by atoms with E-state index in [9.17, 15) is 0 Å². The summed E-state index contributed by atoms with van der Waals surface area (Å²) in [6.45, 7) is 17.1. The highest BCUT2D eigenvalue weighted by Crippen LogP contribution is 2.12. The average Bonchev–Trinajstić information content (AvgIpc) is 1.94. The molecular weight excluding hydrogens is 232 g/mol. The molecule has 0 aliphatic carbocycles. The molecule has 0 N–H and O–H groups in total. The quantitative estimate of drug-likeness (QED) is 0.411. The van der Waals surface area contributed by atoms with Gasteiger partial charge in [0.05, 0.1) is 11.5 Å². The fourth-order valence-corrected chi connectivity index (χ4v) is 3.34. The summed E-state index contributed by atoms with van der Waals surface area (Å²) in [5, 5.41) is 0. The first kappa shape index (κ1) is 15.5. The van der Waals surface area contributed by atoms with Gasteiger partial charge in [0.15, 0.2) is 0 Å². The highest BCUT2D eigenvalue weighted by molar-refractivity contribution is 6.70. The first-order chi connectivity index (χ1) is 6.99. The predicted molar refractivity (Wildman–Crippen MR) is 76.4 cm³/mol. The molecule has 94 valence electrons. The molecule has 0 saturated heterocycles. The van der Waals surface area contributed by atoms with E-state index in [1.165, 1.54) is 0 Å². The molecule has 0 unspecified atom stereocenters. The van der Waals surface area contributed by atoms with E-state index in [1.807, 2.05) is 26.0 Å². The molecule has 0 rings (SSSR count). The van der Waals surface area contributed by atoms with Gasteiger partial charge >= 0.3 is 0 Å². The second-order valence-electron chi connectivity index (χ2n) is 5.98. The lowest BCUT2D eigenvalue weighted by Crippen LogP contribution is -2.24. The van der Waals surface area contributed by atoms with Crippen molar-refractivity contribution in [3.8, 4) is 0 Å². The van der Waals surface area contributed by atoms with Crippen molar-refractivity contribution in [2.24, 2.45) is 0 Å². The fourth-order valence-electron chi connectivity index (χ4n) is 1.27. The van der Waals surface area contributed by atoms with Gasteiger partial charge in [0.2, 0.25) is 16.6 Å². The van der Waals surface area contributed by atoms with Crippen molar-refractivity contribution in [2.75, 3.05) is 0 Å². The lowest BCUT2D eigenvalue weighted by Gasteiger charge is -2.20. The fraction of sp³-hybridized carbons (Fsp3) is 0.667. The lowest BCUT2D eigenvalue weighted by molar-refractivity contribution is 0.416. The average molecular weight is 259 g/mol. The van der Waals surface area contributed by atoms with Crippen molar-refractivity contribution in [1.82, 2.24) is 0 Å². The molecule has 0 aromatic carbocycles. The van der Waals surface area contributed by atoms with Gasteiger partial charge in [-0.2, -0.15) is 0 Å². The molecule has 4 heteroatoms. The Labute approximate surface area is 103 Å². The van der Waals surface area contributed by atoms with Crippen molar-refractivity contribution in [3.05, 3.63) is 23.7 Å². The summed E-state index contributed by atoms with van der Waals surface area (Å²) >= 11 is 0. The number of allylic oxidation sites excluding steroid dienone is 4. The summed E-state index contributed by atoms with van der Waals surface area (Å²) in [4.78, 5) is 0. The van der Waals surface area contributed by atoms with E-state index in [0.29, 0.717) is 0 Å². The minimum absolute atomic E-state index is 0.970. The summed E-state index contributed by atoms with van der Waals surface area (Å²) in [5.41, 5.74) is 0. The van der Waals surface area contributed by atoms with Crippen molar-refractivity contribution in [1.29, 1.82) is 0 Å². The second kappa shape index (κ2) is 5.73. The van der Waals surface area contributed by atoms with Crippen molar-refractivity contribution < 1.29 is 8.85 Å². The molecule has 0 saturated carbocycles. The Morgan fingerprint density at radius 2 is 0.938 bits per heavy atom. The van der Waals surface area contributed by atoms with Crippen LogP contribution in [0, 0.1) is 0 Å². The first-order valence-electron chi connectivity index (χ1n) is 5.73. The maximum absolute atomic E-state index is 5.83. The van der Waals surface area contributed by atoms with E-state index >= 15 is 0 Å². The molecule has 0 fully saturated rings. The number of rotatable bonds is 5. The first-order valence-corrected chi connectivity index (χ1v) is 12.5. The molecule has 16 heavy (non-hydrogen) atoms. The zero-order chi connectivity index (χ0) is 13.0. The Morgan fingerprint density at radius 3 is 1.12 bits per heavy atom. The zero-order valence-corrected chi connectivity index (χ0v) is 14.0. The van der Waals surface area contributed by atoms with E-state index < -0.39 is 16.6 Å². The van der Waals surface area contributed by atoms with Crippen LogP contribution in [-0.2, 0) is 8.85 Å². The lowest BCUT2D eigenvalue weighted by atomic mass is 10.4. The highest BCUT2D eigenvalue weighted by Gasteiger charge is 2.16.